The maximum atomic E-state index is 11.3. The lowest BCUT2D eigenvalue weighted by Gasteiger charge is -2.09. The smallest absolute Gasteiger partial charge is 0.337 e. The lowest BCUT2D eigenvalue weighted by molar-refractivity contribution is -0.113. The highest BCUT2D eigenvalue weighted by molar-refractivity contribution is 6.40. The molecule has 0 bridgehead atoms. The number of rotatable bonds is 3. The van der Waals surface area contributed by atoms with Gasteiger partial charge in [-0.25, -0.2) is 4.79 Å². The molecule has 1 N–H and O–H groups in total. The van der Waals surface area contributed by atoms with Gasteiger partial charge >= 0.3 is 5.97 Å². The minimum absolute atomic E-state index is 0.136. The summed E-state index contributed by atoms with van der Waals surface area (Å²) in [6, 6.07) is 2.70. The van der Waals surface area contributed by atoms with Crippen LogP contribution < -0.4 is 5.32 Å². The van der Waals surface area contributed by atoms with Gasteiger partial charge in [0.05, 0.1) is 28.4 Å². The van der Waals surface area contributed by atoms with Gasteiger partial charge < -0.3 is 10.1 Å². The molecule has 1 aromatic rings. The molecular weight excluding hydrogens is 288 g/mol. The molecule has 0 unspecified atom stereocenters. The van der Waals surface area contributed by atoms with Crippen LogP contribution in [0.4, 0.5) is 5.69 Å². The van der Waals surface area contributed by atoms with Crippen LogP contribution in [0.3, 0.4) is 0 Å². The monoisotopic (exact) mass is 295 g/mol. The van der Waals surface area contributed by atoms with Crippen LogP contribution in [0.2, 0.25) is 10.0 Å². The van der Waals surface area contributed by atoms with E-state index in [9.17, 15) is 9.59 Å². The van der Waals surface area contributed by atoms with Gasteiger partial charge in [0.25, 0.3) is 0 Å². The van der Waals surface area contributed by atoms with E-state index in [1.165, 1.54) is 19.2 Å². The quantitative estimate of drug-likeness (QED) is 0.689. The summed E-state index contributed by atoms with van der Waals surface area (Å²) in [5.41, 5.74) is 0.415. The summed E-state index contributed by atoms with van der Waals surface area (Å²) >= 11 is 17.1. The lowest BCUT2D eigenvalue weighted by Crippen LogP contribution is -2.13. The highest BCUT2D eigenvalue weighted by Crippen LogP contribution is 2.32. The largest absolute Gasteiger partial charge is 0.465 e. The average molecular weight is 297 g/mol. The lowest BCUT2D eigenvalue weighted by atomic mass is 10.2. The summed E-state index contributed by atoms with van der Waals surface area (Å²) in [7, 11) is 1.24. The van der Waals surface area contributed by atoms with Crippen LogP contribution in [-0.2, 0) is 9.53 Å². The van der Waals surface area contributed by atoms with Gasteiger partial charge in [0.2, 0.25) is 5.91 Å². The van der Waals surface area contributed by atoms with E-state index >= 15 is 0 Å². The molecule has 0 aliphatic heterocycles. The first-order valence-electron chi connectivity index (χ1n) is 4.42. The van der Waals surface area contributed by atoms with Crippen molar-refractivity contribution in [2.24, 2.45) is 0 Å². The van der Waals surface area contributed by atoms with Crippen molar-refractivity contribution in [3.8, 4) is 0 Å². The Morgan fingerprint density at radius 3 is 2.24 bits per heavy atom. The van der Waals surface area contributed by atoms with Crippen molar-refractivity contribution >= 4 is 52.4 Å². The highest BCUT2D eigenvalue weighted by atomic mass is 35.5. The van der Waals surface area contributed by atoms with Crippen molar-refractivity contribution < 1.29 is 14.3 Å². The number of ether oxygens (including phenoxy) is 1. The zero-order valence-electron chi connectivity index (χ0n) is 8.72. The second-order valence-corrected chi connectivity index (χ2v) is 4.07. The molecule has 1 amide bonds. The third kappa shape index (κ3) is 3.49. The third-order valence-corrected chi connectivity index (χ3v) is 2.69. The van der Waals surface area contributed by atoms with E-state index in [-0.39, 0.29) is 27.2 Å². The summed E-state index contributed by atoms with van der Waals surface area (Å²) in [4.78, 5) is 22.4. The van der Waals surface area contributed by atoms with E-state index in [4.69, 9.17) is 34.8 Å². The number of hydrogen-bond donors (Lipinski definition) is 1. The van der Waals surface area contributed by atoms with Crippen LogP contribution >= 0.6 is 34.8 Å². The van der Waals surface area contributed by atoms with Crippen molar-refractivity contribution in [1.82, 2.24) is 0 Å². The maximum absolute atomic E-state index is 11.3. The molecular formula is C10H8Cl3NO3. The van der Waals surface area contributed by atoms with Gasteiger partial charge in [-0.2, -0.15) is 0 Å². The molecule has 1 rings (SSSR count). The van der Waals surface area contributed by atoms with Gasteiger partial charge in [0.1, 0.15) is 5.88 Å². The maximum Gasteiger partial charge on any atom is 0.337 e. The van der Waals surface area contributed by atoms with Crippen LogP contribution in [0.5, 0.6) is 0 Å². The Balaban J connectivity index is 3.10. The molecule has 0 aliphatic rings. The Kier molecular flexibility index (Phi) is 5.05. The molecule has 0 saturated heterocycles. The topological polar surface area (TPSA) is 55.4 Å². The van der Waals surface area contributed by atoms with Crippen LogP contribution in [0.25, 0.3) is 0 Å². The SMILES string of the molecule is COC(=O)c1cc(Cl)c(NC(=O)CCl)c(Cl)c1. The number of hydrogen-bond acceptors (Lipinski definition) is 3. The van der Waals surface area contributed by atoms with Gasteiger partial charge in [-0.15, -0.1) is 11.6 Å². The molecule has 4 nitrogen and oxygen atoms in total. The fourth-order valence-electron chi connectivity index (χ4n) is 1.10. The first-order valence-corrected chi connectivity index (χ1v) is 5.71. The zero-order chi connectivity index (χ0) is 13.0. The summed E-state index contributed by atoms with van der Waals surface area (Å²) < 4.78 is 4.52. The fraction of sp³-hybridized carbons (Fsp3) is 0.200. The number of carbonyl (C=O) groups is 2. The van der Waals surface area contributed by atoms with Crippen molar-refractivity contribution in [3.63, 3.8) is 0 Å². The van der Waals surface area contributed by atoms with Gasteiger partial charge in [0, 0.05) is 0 Å². The number of halogens is 3. The minimum Gasteiger partial charge on any atom is -0.465 e. The summed E-state index contributed by atoms with van der Waals surface area (Å²) in [6.45, 7) is 0. The highest BCUT2D eigenvalue weighted by Gasteiger charge is 2.14. The molecule has 92 valence electrons. The molecule has 0 atom stereocenters. The number of esters is 1. The first-order chi connectivity index (χ1) is 7.99. The number of nitrogens with one attached hydrogen (secondary N) is 1. The summed E-state index contributed by atoms with van der Waals surface area (Å²) in [5.74, 6) is -1.23. The van der Waals surface area contributed by atoms with Gasteiger partial charge in [-0.1, -0.05) is 23.2 Å². The van der Waals surface area contributed by atoms with Crippen LogP contribution in [0.1, 0.15) is 10.4 Å². The minimum atomic E-state index is -0.566. The molecule has 0 aromatic heterocycles. The second kappa shape index (κ2) is 6.10. The standard InChI is InChI=1S/C10H8Cl3NO3/c1-17-10(16)5-2-6(12)9(7(13)3-5)14-8(15)4-11/h2-3H,4H2,1H3,(H,14,15). The Morgan fingerprint density at radius 1 is 1.29 bits per heavy atom. The van der Waals surface area contributed by atoms with E-state index in [1.54, 1.807) is 0 Å². The Labute approximate surface area is 113 Å². The molecule has 7 heteroatoms. The average Bonchev–Trinajstić information content (AvgIpc) is 2.32. The molecule has 17 heavy (non-hydrogen) atoms. The molecule has 0 saturated carbocycles. The van der Waals surface area contributed by atoms with Crippen molar-refractivity contribution in [1.29, 1.82) is 0 Å². The Bertz CT molecular complexity index is 439. The van der Waals surface area contributed by atoms with Crippen molar-refractivity contribution in [2.45, 2.75) is 0 Å². The van der Waals surface area contributed by atoms with Crippen molar-refractivity contribution in [2.75, 3.05) is 18.3 Å². The molecule has 0 aliphatic carbocycles. The van der Waals surface area contributed by atoms with Crippen LogP contribution in [0.15, 0.2) is 12.1 Å². The Hall–Kier alpha value is -0.970. The molecule has 0 spiro atoms. The fourth-order valence-corrected chi connectivity index (χ4v) is 1.75. The van der Waals surface area contributed by atoms with E-state index in [0.717, 1.165) is 0 Å². The van der Waals surface area contributed by atoms with E-state index in [2.05, 4.69) is 10.1 Å². The summed E-state index contributed by atoms with van der Waals surface area (Å²) in [6.07, 6.45) is 0. The molecule has 0 heterocycles. The third-order valence-electron chi connectivity index (χ3n) is 1.85. The van der Waals surface area contributed by atoms with E-state index < -0.39 is 11.9 Å². The Morgan fingerprint density at radius 2 is 1.82 bits per heavy atom. The van der Waals surface area contributed by atoms with Crippen molar-refractivity contribution in [3.05, 3.63) is 27.7 Å². The molecule has 0 fully saturated rings. The predicted octanol–water partition coefficient (Wildman–Crippen LogP) is 2.96. The molecule has 1 aromatic carbocycles. The zero-order valence-corrected chi connectivity index (χ0v) is 11.0. The predicted molar refractivity (Wildman–Crippen MR) is 67.2 cm³/mol. The number of amides is 1. The van der Waals surface area contributed by atoms with Crippen LogP contribution in [0, 0.1) is 0 Å². The van der Waals surface area contributed by atoms with Gasteiger partial charge in [0.15, 0.2) is 0 Å². The van der Waals surface area contributed by atoms with E-state index in [0.29, 0.717) is 0 Å². The van der Waals surface area contributed by atoms with E-state index in [1.807, 2.05) is 0 Å². The van der Waals surface area contributed by atoms with Crippen LogP contribution in [-0.4, -0.2) is 24.9 Å². The van der Waals surface area contributed by atoms with Gasteiger partial charge in [-0.05, 0) is 12.1 Å². The number of alkyl halides is 1. The van der Waals surface area contributed by atoms with Gasteiger partial charge in [-0.3, -0.25) is 4.79 Å². The summed E-state index contributed by atoms with van der Waals surface area (Å²) in [5, 5.41) is 2.70. The number of carbonyl (C=O) groups excluding carboxylic acids is 2. The normalized spacial score (nSPS) is 9.88. The number of benzene rings is 1. The number of methoxy groups -OCH3 is 1. The first kappa shape index (κ1) is 14.1. The second-order valence-electron chi connectivity index (χ2n) is 2.99. The number of anilines is 1. The molecule has 0 radical (unpaired) electrons.